The molecule has 2 aromatic carbocycles. The zero-order valence-electron chi connectivity index (χ0n) is 13.0. The number of rotatable bonds is 4. The second-order valence-electron chi connectivity index (χ2n) is 6.17. The Morgan fingerprint density at radius 3 is 2.24 bits per heavy atom. The zero-order valence-corrected chi connectivity index (χ0v) is 14.6. The molecule has 0 aliphatic heterocycles. The molecular formula is C18H22BrNO. The van der Waals surface area contributed by atoms with Crippen molar-refractivity contribution in [3.8, 4) is 11.5 Å². The normalized spacial score (nSPS) is 11.5. The van der Waals surface area contributed by atoms with Gasteiger partial charge in [0.05, 0.1) is 4.47 Å². The number of hydrogen-bond acceptors (Lipinski definition) is 2. The van der Waals surface area contributed by atoms with E-state index in [0.717, 1.165) is 22.5 Å². The summed E-state index contributed by atoms with van der Waals surface area (Å²) in [5.41, 5.74) is 2.69. The smallest absolute Gasteiger partial charge is 0.141 e. The van der Waals surface area contributed by atoms with Crippen LogP contribution in [0.4, 0.5) is 0 Å². The van der Waals surface area contributed by atoms with E-state index in [1.54, 1.807) is 0 Å². The molecule has 0 bridgehead atoms. The molecule has 0 spiro atoms. The molecule has 2 nitrogen and oxygen atoms in total. The average molecular weight is 348 g/mol. The summed E-state index contributed by atoms with van der Waals surface area (Å²) >= 11 is 3.57. The molecule has 1 N–H and O–H groups in total. The van der Waals surface area contributed by atoms with Gasteiger partial charge in [-0.25, -0.2) is 0 Å². The van der Waals surface area contributed by atoms with Gasteiger partial charge in [0.25, 0.3) is 0 Å². The van der Waals surface area contributed by atoms with Gasteiger partial charge in [0, 0.05) is 6.54 Å². The first-order chi connectivity index (χ1) is 9.90. The van der Waals surface area contributed by atoms with Crippen LogP contribution in [0.25, 0.3) is 0 Å². The molecular weight excluding hydrogens is 326 g/mol. The van der Waals surface area contributed by atoms with Gasteiger partial charge in [0.15, 0.2) is 0 Å². The number of benzene rings is 2. The van der Waals surface area contributed by atoms with Crippen molar-refractivity contribution in [3.05, 3.63) is 58.1 Å². The summed E-state index contributed by atoms with van der Waals surface area (Å²) in [7, 11) is 1.94. The fraction of sp³-hybridized carbons (Fsp3) is 0.333. The first-order valence-electron chi connectivity index (χ1n) is 7.11. The first-order valence-corrected chi connectivity index (χ1v) is 7.91. The Labute approximate surface area is 135 Å². The van der Waals surface area contributed by atoms with Crippen LogP contribution in [-0.4, -0.2) is 7.05 Å². The number of halogens is 1. The van der Waals surface area contributed by atoms with E-state index in [4.69, 9.17) is 4.74 Å². The van der Waals surface area contributed by atoms with Crippen LogP contribution in [0.5, 0.6) is 11.5 Å². The fourth-order valence-electron chi connectivity index (χ4n) is 2.09. The molecule has 0 aliphatic carbocycles. The molecule has 0 amide bonds. The molecule has 0 fully saturated rings. The van der Waals surface area contributed by atoms with E-state index in [2.05, 4.69) is 66.3 Å². The van der Waals surface area contributed by atoms with Crippen LogP contribution >= 0.6 is 15.9 Å². The molecule has 2 rings (SSSR count). The quantitative estimate of drug-likeness (QED) is 0.814. The summed E-state index contributed by atoms with van der Waals surface area (Å²) in [6.07, 6.45) is 0. The molecule has 0 unspecified atom stereocenters. The molecule has 2 aromatic rings. The summed E-state index contributed by atoms with van der Waals surface area (Å²) in [5.74, 6) is 1.68. The highest BCUT2D eigenvalue weighted by Crippen LogP contribution is 2.32. The number of ether oxygens (including phenoxy) is 1. The van der Waals surface area contributed by atoms with E-state index in [0.29, 0.717) is 0 Å². The van der Waals surface area contributed by atoms with Crippen LogP contribution < -0.4 is 10.1 Å². The van der Waals surface area contributed by atoms with Crippen molar-refractivity contribution in [3.63, 3.8) is 0 Å². The van der Waals surface area contributed by atoms with Crippen molar-refractivity contribution in [2.24, 2.45) is 0 Å². The Morgan fingerprint density at radius 1 is 1.05 bits per heavy atom. The van der Waals surface area contributed by atoms with Gasteiger partial charge in [-0.1, -0.05) is 39.0 Å². The standard InChI is InChI=1S/C18H22BrNO/c1-18(2,3)14-6-8-15(9-7-14)21-17-10-5-13(12-20-4)11-16(17)19/h5-11,20H,12H2,1-4H3. The van der Waals surface area contributed by atoms with Crippen molar-refractivity contribution < 1.29 is 4.74 Å². The summed E-state index contributed by atoms with van der Waals surface area (Å²) in [6, 6.07) is 14.4. The van der Waals surface area contributed by atoms with Gasteiger partial charge in [-0.3, -0.25) is 0 Å². The van der Waals surface area contributed by atoms with Crippen molar-refractivity contribution in [2.45, 2.75) is 32.7 Å². The molecule has 0 aliphatic rings. The third-order valence-corrected chi connectivity index (χ3v) is 3.95. The van der Waals surface area contributed by atoms with Crippen molar-refractivity contribution in [2.75, 3.05) is 7.05 Å². The maximum atomic E-state index is 5.94. The summed E-state index contributed by atoms with van der Waals surface area (Å²) in [5, 5.41) is 3.14. The Morgan fingerprint density at radius 2 is 1.71 bits per heavy atom. The monoisotopic (exact) mass is 347 g/mol. The van der Waals surface area contributed by atoms with Gasteiger partial charge >= 0.3 is 0 Å². The lowest BCUT2D eigenvalue weighted by Crippen LogP contribution is -2.10. The van der Waals surface area contributed by atoms with Crippen LogP contribution in [0, 0.1) is 0 Å². The van der Waals surface area contributed by atoms with Crippen molar-refractivity contribution in [1.29, 1.82) is 0 Å². The van der Waals surface area contributed by atoms with Crippen LogP contribution in [-0.2, 0) is 12.0 Å². The highest BCUT2D eigenvalue weighted by Gasteiger charge is 2.13. The van der Waals surface area contributed by atoms with Crippen LogP contribution in [0.1, 0.15) is 31.9 Å². The highest BCUT2D eigenvalue weighted by molar-refractivity contribution is 9.10. The van der Waals surface area contributed by atoms with Gasteiger partial charge in [-0.05, 0) is 63.8 Å². The maximum absolute atomic E-state index is 5.94. The Balaban J connectivity index is 2.15. The van der Waals surface area contributed by atoms with Crippen molar-refractivity contribution >= 4 is 15.9 Å². The number of nitrogens with one attached hydrogen (secondary N) is 1. The highest BCUT2D eigenvalue weighted by atomic mass is 79.9. The Kier molecular flexibility index (Phi) is 5.07. The summed E-state index contributed by atoms with van der Waals surface area (Å²) < 4.78 is 6.91. The summed E-state index contributed by atoms with van der Waals surface area (Å²) in [6.45, 7) is 7.47. The predicted octanol–water partition coefficient (Wildman–Crippen LogP) is 5.26. The third kappa shape index (κ3) is 4.32. The maximum Gasteiger partial charge on any atom is 0.141 e. The average Bonchev–Trinajstić information content (AvgIpc) is 2.42. The lowest BCUT2D eigenvalue weighted by Gasteiger charge is -2.19. The molecule has 112 valence electrons. The second-order valence-corrected chi connectivity index (χ2v) is 7.03. The second kappa shape index (κ2) is 6.63. The molecule has 0 saturated carbocycles. The molecule has 0 heterocycles. The summed E-state index contributed by atoms with van der Waals surface area (Å²) in [4.78, 5) is 0. The third-order valence-electron chi connectivity index (χ3n) is 3.33. The zero-order chi connectivity index (χ0) is 15.5. The topological polar surface area (TPSA) is 21.3 Å². The predicted molar refractivity (Wildman–Crippen MR) is 92.1 cm³/mol. The lowest BCUT2D eigenvalue weighted by atomic mass is 9.87. The van der Waals surface area contributed by atoms with E-state index in [9.17, 15) is 0 Å². The van der Waals surface area contributed by atoms with Gasteiger partial charge in [0.2, 0.25) is 0 Å². The SMILES string of the molecule is CNCc1ccc(Oc2ccc(C(C)(C)C)cc2)c(Br)c1. The molecule has 0 aromatic heterocycles. The molecule has 21 heavy (non-hydrogen) atoms. The van der Waals surface area contributed by atoms with E-state index in [-0.39, 0.29) is 5.41 Å². The largest absolute Gasteiger partial charge is 0.456 e. The molecule has 0 atom stereocenters. The van der Waals surface area contributed by atoms with Crippen LogP contribution in [0.2, 0.25) is 0 Å². The van der Waals surface area contributed by atoms with Gasteiger partial charge in [-0.15, -0.1) is 0 Å². The Hall–Kier alpha value is -1.32. The first kappa shape index (κ1) is 16.1. The minimum absolute atomic E-state index is 0.161. The van der Waals surface area contributed by atoms with Gasteiger partial charge in [0.1, 0.15) is 11.5 Å². The fourth-order valence-corrected chi connectivity index (χ4v) is 2.60. The van der Waals surface area contributed by atoms with Crippen LogP contribution in [0.15, 0.2) is 46.9 Å². The Bertz CT molecular complexity index is 600. The van der Waals surface area contributed by atoms with Crippen molar-refractivity contribution in [1.82, 2.24) is 5.32 Å². The van der Waals surface area contributed by atoms with Crippen LogP contribution in [0.3, 0.4) is 0 Å². The minimum atomic E-state index is 0.161. The molecule has 0 radical (unpaired) electrons. The molecule has 0 saturated heterocycles. The molecule has 3 heteroatoms. The van der Waals surface area contributed by atoms with E-state index in [1.807, 2.05) is 25.2 Å². The lowest BCUT2D eigenvalue weighted by molar-refractivity contribution is 0.478. The van der Waals surface area contributed by atoms with E-state index < -0.39 is 0 Å². The minimum Gasteiger partial charge on any atom is -0.456 e. The number of hydrogen-bond donors (Lipinski definition) is 1. The van der Waals surface area contributed by atoms with E-state index >= 15 is 0 Å². The van der Waals surface area contributed by atoms with E-state index in [1.165, 1.54) is 11.1 Å². The van der Waals surface area contributed by atoms with Gasteiger partial charge in [-0.2, -0.15) is 0 Å². The van der Waals surface area contributed by atoms with Gasteiger partial charge < -0.3 is 10.1 Å².